The normalized spacial score (nSPS) is 10.1. The van der Waals surface area contributed by atoms with E-state index in [4.69, 9.17) is 15.7 Å². The second-order valence-electron chi connectivity index (χ2n) is 4.21. The molecule has 0 bridgehead atoms. The largest absolute Gasteiger partial charge is 0.464 e. The summed E-state index contributed by atoms with van der Waals surface area (Å²) in [6.07, 6.45) is 1.55. The summed E-state index contributed by atoms with van der Waals surface area (Å²) in [5, 5.41) is 9.07. The number of anilines is 1. The van der Waals surface area contributed by atoms with Crippen molar-refractivity contribution in [3.63, 3.8) is 0 Å². The lowest BCUT2D eigenvalue weighted by atomic mass is 10.2. The number of rotatable bonds is 4. The molecule has 0 saturated heterocycles. The molecule has 6 heteroatoms. The van der Waals surface area contributed by atoms with Gasteiger partial charge in [0, 0.05) is 16.8 Å². The number of hydrogen-bond acceptors (Lipinski definition) is 5. The Hall–Kier alpha value is -2.39. The number of benzene rings is 1. The summed E-state index contributed by atoms with van der Waals surface area (Å²) in [5.74, 6) is 0.419. The number of methoxy groups -OCH3 is 1. The van der Waals surface area contributed by atoms with Crippen LogP contribution < -0.4 is 5.73 Å². The van der Waals surface area contributed by atoms with Crippen molar-refractivity contribution in [3.05, 3.63) is 41.7 Å². The maximum absolute atomic E-state index is 11.9. The minimum Gasteiger partial charge on any atom is -0.464 e. The minimum atomic E-state index is -0.569. The van der Waals surface area contributed by atoms with Crippen LogP contribution in [-0.2, 0) is 4.74 Å². The van der Waals surface area contributed by atoms with Gasteiger partial charge in [0.1, 0.15) is 6.07 Å². The zero-order chi connectivity index (χ0) is 15.4. The zero-order valence-corrected chi connectivity index (χ0v) is 12.6. The smallest absolute Gasteiger partial charge is 0.357 e. The van der Waals surface area contributed by atoms with Gasteiger partial charge in [-0.15, -0.1) is 11.8 Å². The molecule has 1 aromatic carbocycles. The van der Waals surface area contributed by atoms with Gasteiger partial charge in [-0.2, -0.15) is 5.26 Å². The predicted molar refractivity (Wildman–Crippen MR) is 82.6 cm³/mol. The monoisotopic (exact) mass is 301 g/mol. The van der Waals surface area contributed by atoms with Crippen LogP contribution in [0.3, 0.4) is 0 Å². The fourth-order valence-electron chi connectivity index (χ4n) is 1.99. The van der Waals surface area contributed by atoms with Crippen LogP contribution >= 0.6 is 11.8 Å². The molecule has 108 valence electrons. The van der Waals surface area contributed by atoms with Crippen LogP contribution in [0, 0.1) is 11.3 Å². The van der Waals surface area contributed by atoms with Crippen molar-refractivity contribution in [2.75, 3.05) is 18.6 Å². The van der Waals surface area contributed by atoms with E-state index in [9.17, 15) is 4.79 Å². The van der Waals surface area contributed by atoms with E-state index >= 15 is 0 Å². The highest BCUT2D eigenvalue weighted by Crippen LogP contribution is 2.26. The minimum absolute atomic E-state index is 0.136. The number of carbonyl (C=O) groups excluding carboxylic acids is 1. The highest BCUT2D eigenvalue weighted by Gasteiger charge is 2.21. The summed E-state index contributed by atoms with van der Waals surface area (Å²) in [6, 6.07) is 9.67. The first-order chi connectivity index (χ1) is 10.1. The number of aromatic nitrogens is 1. The molecule has 0 spiro atoms. The first kappa shape index (κ1) is 15.0. The van der Waals surface area contributed by atoms with Crippen LogP contribution in [0.5, 0.6) is 0 Å². The van der Waals surface area contributed by atoms with Gasteiger partial charge in [-0.05, 0) is 30.0 Å². The Morgan fingerprint density at radius 1 is 1.43 bits per heavy atom. The van der Waals surface area contributed by atoms with Crippen LogP contribution in [-0.4, -0.2) is 23.4 Å². The molecule has 1 aromatic heterocycles. The summed E-state index contributed by atoms with van der Waals surface area (Å²) in [4.78, 5) is 13.0. The van der Waals surface area contributed by atoms with Crippen molar-refractivity contribution in [1.82, 2.24) is 4.57 Å². The Kier molecular flexibility index (Phi) is 4.55. The summed E-state index contributed by atoms with van der Waals surface area (Å²) in [6.45, 7) is 2.08. The molecule has 0 saturated carbocycles. The predicted octanol–water partition coefficient (Wildman–Crippen LogP) is 2.83. The van der Waals surface area contributed by atoms with Gasteiger partial charge in [0.25, 0.3) is 0 Å². The molecule has 5 nitrogen and oxygen atoms in total. The molecule has 0 radical (unpaired) electrons. The van der Waals surface area contributed by atoms with Gasteiger partial charge >= 0.3 is 5.97 Å². The molecule has 21 heavy (non-hydrogen) atoms. The van der Waals surface area contributed by atoms with Crippen molar-refractivity contribution >= 4 is 23.4 Å². The average Bonchev–Trinajstić information content (AvgIpc) is 2.84. The molecule has 2 N–H and O–H groups in total. The number of hydrogen-bond donors (Lipinski definition) is 1. The zero-order valence-electron chi connectivity index (χ0n) is 11.8. The lowest BCUT2D eigenvalue weighted by Crippen LogP contribution is -2.11. The molecule has 0 atom stereocenters. The Morgan fingerprint density at radius 3 is 2.62 bits per heavy atom. The van der Waals surface area contributed by atoms with Gasteiger partial charge in [-0.1, -0.05) is 6.92 Å². The number of ether oxygens (including phenoxy) is 1. The number of carbonyl (C=O) groups is 1. The fraction of sp³-hybridized carbons (Fsp3) is 0.200. The van der Waals surface area contributed by atoms with Gasteiger partial charge in [0.15, 0.2) is 5.69 Å². The van der Waals surface area contributed by atoms with Crippen molar-refractivity contribution in [2.24, 2.45) is 0 Å². The maximum atomic E-state index is 11.9. The third kappa shape index (κ3) is 2.88. The Labute approximate surface area is 127 Å². The molecule has 0 amide bonds. The standard InChI is InChI=1S/C15H15N3O2S/c1-3-21-12-6-4-11(5-7-12)18-9-10(8-16)13(17)14(18)15(19)20-2/h4-7,9H,3,17H2,1-2H3. The first-order valence-corrected chi connectivity index (χ1v) is 7.33. The number of esters is 1. The van der Waals surface area contributed by atoms with E-state index in [0.29, 0.717) is 0 Å². The number of nitrogens with two attached hydrogens (primary N) is 1. The Balaban J connectivity index is 2.52. The van der Waals surface area contributed by atoms with Gasteiger partial charge in [0.2, 0.25) is 0 Å². The van der Waals surface area contributed by atoms with Crippen LogP contribution in [0.2, 0.25) is 0 Å². The first-order valence-electron chi connectivity index (χ1n) is 6.34. The van der Waals surface area contributed by atoms with E-state index in [-0.39, 0.29) is 16.9 Å². The van der Waals surface area contributed by atoms with Gasteiger partial charge in [0.05, 0.1) is 18.4 Å². The third-order valence-corrected chi connectivity index (χ3v) is 3.86. The van der Waals surface area contributed by atoms with E-state index in [2.05, 4.69) is 6.92 Å². The van der Waals surface area contributed by atoms with Crippen molar-refractivity contribution in [3.8, 4) is 11.8 Å². The molecule has 1 heterocycles. The molecule has 2 rings (SSSR count). The summed E-state index contributed by atoms with van der Waals surface area (Å²) in [5.41, 5.74) is 7.17. The highest BCUT2D eigenvalue weighted by molar-refractivity contribution is 7.99. The third-order valence-electron chi connectivity index (χ3n) is 2.97. The number of thioether (sulfide) groups is 1. The Morgan fingerprint density at radius 2 is 2.10 bits per heavy atom. The fourth-order valence-corrected chi connectivity index (χ4v) is 2.65. The van der Waals surface area contributed by atoms with Crippen LogP contribution in [0.15, 0.2) is 35.4 Å². The lowest BCUT2D eigenvalue weighted by molar-refractivity contribution is 0.0593. The van der Waals surface area contributed by atoms with Crippen molar-refractivity contribution in [2.45, 2.75) is 11.8 Å². The second kappa shape index (κ2) is 6.37. The quantitative estimate of drug-likeness (QED) is 0.693. The van der Waals surface area contributed by atoms with E-state index in [0.717, 1.165) is 16.3 Å². The van der Waals surface area contributed by atoms with E-state index in [1.807, 2.05) is 30.3 Å². The molecule has 0 aliphatic carbocycles. The number of nitrogen functional groups attached to an aromatic ring is 1. The summed E-state index contributed by atoms with van der Waals surface area (Å²) < 4.78 is 6.33. The molecular weight excluding hydrogens is 286 g/mol. The average molecular weight is 301 g/mol. The molecule has 2 aromatic rings. The maximum Gasteiger partial charge on any atom is 0.357 e. The summed E-state index contributed by atoms with van der Waals surface area (Å²) >= 11 is 1.73. The molecule has 0 unspecified atom stereocenters. The molecular formula is C15H15N3O2S. The number of nitriles is 1. The Bertz CT molecular complexity index is 699. The van der Waals surface area contributed by atoms with E-state index < -0.39 is 5.97 Å². The van der Waals surface area contributed by atoms with E-state index in [1.165, 1.54) is 7.11 Å². The molecule has 0 fully saturated rings. The van der Waals surface area contributed by atoms with Crippen molar-refractivity contribution in [1.29, 1.82) is 5.26 Å². The molecule has 0 aliphatic heterocycles. The topological polar surface area (TPSA) is 81.0 Å². The van der Waals surface area contributed by atoms with Crippen LogP contribution in [0.4, 0.5) is 5.69 Å². The highest BCUT2D eigenvalue weighted by atomic mass is 32.2. The number of nitrogens with zero attached hydrogens (tertiary/aromatic N) is 2. The lowest BCUT2D eigenvalue weighted by Gasteiger charge is -2.09. The van der Waals surface area contributed by atoms with Crippen LogP contribution in [0.1, 0.15) is 23.0 Å². The van der Waals surface area contributed by atoms with Gasteiger partial charge in [-0.25, -0.2) is 4.79 Å². The SMILES string of the molecule is CCSc1ccc(-n2cc(C#N)c(N)c2C(=O)OC)cc1. The van der Waals surface area contributed by atoms with Gasteiger partial charge in [-0.3, -0.25) is 0 Å². The second-order valence-corrected chi connectivity index (χ2v) is 5.54. The van der Waals surface area contributed by atoms with E-state index in [1.54, 1.807) is 22.5 Å². The molecule has 0 aliphatic rings. The van der Waals surface area contributed by atoms with Gasteiger partial charge < -0.3 is 15.0 Å². The summed E-state index contributed by atoms with van der Waals surface area (Å²) in [7, 11) is 1.28. The van der Waals surface area contributed by atoms with Crippen LogP contribution in [0.25, 0.3) is 5.69 Å². The van der Waals surface area contributed by atoms with Crippen molar-refractivity contribution < 1.29 is 9.53 Å².